The number of carbonyl (C=O) groups excluding carboxylic acids is 1. The number of amides is 1. The van der Waals surface area contributed by atoms with Crippen molar-refractivity contribution in [1.82, 2.24) is 20.3 Å². The Morgan fingerprint density at radius 2 is 2.12 bits per heavy atom. The summed E-state index contributed by atoms with van der Waals surface area (Å²) in [6.45, 7) is 7.15. The second kappa shape index (κ2) is 6.98. The van der Waals surface area contributed by atoms with E-state index in [2.05, 4.69) is 20.7 Å². The number of likely N-dealkylation sites (tertiary alicyclic amines) is 1. The van der Waals surface area contributed by atoms with Crippen LogP contribution in [0.2, 0.25) is 0 Å². The molecule has 1 amide bonds. The zero-order chi connectivity index (χ0) is 17.1. The summed E-state index contributed by atoms with van der Waals surface area (Å²) in [5.74, 6) is 1.43. The summed E-state index contributed by atoms with van der Waals surface area (Å²) < 4.78 is 5.19. The third-order valence-corrected chi connectivity index (χ3v) is 4.62. The fraction of sp³-hybridized carbons (Fsp3) is 0.529. The molecular weight excluding hydrogens is 306 g/mol. The van der Waals surface area contributed by atoms with Crippen molar-refractivity contribution < 1.29 is 9.32 Å². The lowest BCUT2D eigenvalue weighted by Crippen LogP contribution is -2.44. The minimum absolute atomic E-state index is 0.141. The lowest BCUT2D eigenvalue weighted by Gasteiger charge is -2.34. The molecule has 0 bridgehead atoms. The van der Waals surface area contributed by atoms with Gasteiger partial charge in [0.2, 0.25) is 5.91 Å². The summed E-state index contributed by atoms with van der Waals surface area (Å²) in [6, 6.07) is 4.09. The van der Waals surface area contributed by atoms with Crippen molar-refractivity contribution in [2.24, 2.45) is 0 Å². The maximum absolute atomic E-state index is 12.8. The van der Waals surface area contributed by atoms with Gasteiger partial charge in [-0.15, -0.1) is 5.10 Å². The van der Waals surface area contributed by atoms with E-state index in [1.165, 1.54) is 0 Å². The number of nitrogens with zero attached hydrogens (tertiary/aromatic N) is 4. The molecule has 1 aliphatic rings. The Morgan fingerprint density at radius 3 is 2.71 bits per heavy atom. The molecular formula is C17H23N5O2. The number of aromatic nitrogens is 3. The normalized spacial score (nSPS) is 16.9. The maximum Gasteiger partial charge on any atom is 0.230 e. The van der Waals surface area contributed by atoms with Crippen LogP contribution in [0.1, 0.15) is 42.7 Å². The van der Waals surface area contributed by atoms with Crippen molar-refractivity contribution in [2.75, 3.05) is 18.4 Å². The first kappa shape index (κ1) is 16.4. The van der Waals surface area contributed by atoms with Gasteiger partial charge in [-0.2, -0.15) is 5.10 Å². The van der Waals surface area contributed by atoms with Gasteiger partial charge in [0, 0.05) is 30.9 Å². The Morgan fingerprint density at radius 1 is 1.38 bits per heavy atom. The summed E-state index contributed by atoms with van der Waals surface area (Å²) >= 11 is 0. The van der Waals surface area contributed by atoms with Crippen LogP contribution < -0.4 is 5.32 Å². The van der Waals surface area contributed by atoms with E-state index < -0.39 is 0 Å². The van der Waals surface area contributed by atoms with Crippen LogP contribution in [0.4, 0.5) is 5.82 Å². The number of hydrogen-bond acceptors (Lipinski definition) is 6. The number of anilines is 1. The quantitative estimate of drug-likeness (QED) is 0.926. The third kappa shape index (κ3) is 3.39. The average molecular weight is 329 g/mol. The van der Waals surface area contributed by atoms with Crippen molar-refractivity contribution in [2.45, 2.75) is 45.6 Å². The lowest BCUT2D eigenvalue weighted by atomic mass is 9.96. The minimum Gasteiger partial charge on any atom is -0.366 e. The van der Waals surface area contributed by atoms with E-state index in [1.54, 1.807) is 6.20 Å². The van der Waals surface area contributed by atoms with Gasteiger partial charge in [0.25, 0.3) is 0 Å². The topological polar surface area (TPSA) is 84.2 Å². The summed E-state index contributed by atoms with van der Waals surface area (Å²) in [4.78, 5) is 14.7. The molecule has 128 valence electrons. The summed E-state index contributed by atoms with van der Waals surface area (Å²) in [6.07, 6.45) is 3.45. The standard InChI is InChI=1S/C17H23N5O2/c1-11(16-12(2)21-24-13(16)3)17(23)22-9-6-14(7-10-22)19-15-5-4-8-18-20-15/h4-5,8,11,14H,6-7,9-10H2,1-3H3,(H,19,20). The Kier molecular flexibility index (Phi) is 4.78. The number of hydrogen-bond donors (Lipinski definition) is 1. The van der Waals surface area contributed by atoms with Crippen LogP contribution in [0.15, 0.2) is 22.9 Å². The molecule has 0 aliphatic carbocycles. The number of rotatable bonds is 4. The van der Waals surface area contributed by atoms with E-state index in [0.29, 0.717) is 6.04 Å². The van der Waals surface area contributed by atoms with Gasteiger partial charge in [-0.1, -0.05) is 5.16 Å². The molecule has 3 heterocycles. The molecule has 2 aromatic heterocycles. The molecule has 7 heteroatoms. The lowest BCUT2D eigenvalue weighted by molar-refractivity contribution is -0.133. The molecule has 3 rings (SSSR count). The van der Waals surface area contributed by atoms with E-state index in [-0.39, 0.29) is 11.8 Å². The van der Waals surface area contributed by atoms with Crippen molar-refractivity contribution in [1.29, 1.82) is 0 Å². The van der Waals surface area contributed by atoms with Gasteiger partial charge in [0.1, 0.15) is 11.6 Å². The van der Waals surface area contributed by atoms with Crippen molar-refractivity contribution in [3.05, 3.63) is 35.3 Å². The van der Waals surface area contributed by atoms with Crippen molar-refractivity contribution >= 4 is 11.7 Å². The molecule has 1 unspecified atom stereocenters. The molecule has 1 N–H and O–H groups in total. The molecule has 1 saturated heterocycles. The van der Waals surface area contributed by atoms with Gasteiger partial charge >= 0.3 is 0 Å². The molecule has 0 spiro atoms. The second-order valence-electron chi connectivity index (χ2n) is 6.31. The monoisotopic (exact) mass is 329 g/mol. The molecule has 7 nitrogen and oxygen atoms in total. The van der Waals surface area contributed by atoms with Crippen LogP contribution in [0.25, 0.3) is 0 Å². The molecule has 0 radical (unpaired) electrons. The van der Waals surface area contributed by atoms with Gasteiger partial charge in [0.05, 0.1) is 11.6 Å². The van der Waals surface area contributed by atoms with Crippen molar-refractivity contribution in [3.8, 4) is 0 Å². The average Bonchev–Trinajstić information content (AvgIpc) is 2.94. The molecule has 1 atom stereocenters. The Bertz CT molecular complexity index is 673. The van der Waals surface area contributed by atoms with Crippen LogP contribution in [-0.4, -0.2) is 45.3 Å². The molecule has 24 heavy (non-hydrogen) atoms. The molecule has 1 aliphatic heterocycles. The molecule has 1 fully saturated rings. The number of aryl methyl sites for hydroxylation is 2. The highest BCUT2D eigenvalue weighted by atomic mass is 16.5. The highest BCUT2D eigenvalue weighted by Crippen LogP contribution is 2.26. The minimum atomic E-state index is -0.222. The molecule has 0 aromatic carbocycles. The van der Waals surface area contributed by atoms with E-state index >= 15 is 0 Å². The number of piperidine rings is 1. The van der Waals surface area contributed by atoms with Gasteiger partial charge in [0.15, 0.2) is 0 Å². The van der Waals surface area contributed by atoms with E-state index in [4.69, 9.17) is 4.52 Å². The third-order valence-electron chi connectivity index (χ3n) is 4.62. The van der Waals surface area contributed by atoms with E-state index in [1.807, 2.05) is 37.8 Å². The molecule has 0 saturated carbocycles. The predicted octanol–water partition coefficient (Wildman–Crippen LogP) is 2.29. The second-order valence-corrected chi connectivity index (χ2v) is 6.31. The zero-order valence-electron chi connectivity index (χ0n) is 14.3. The van der Waals surface area contributed by atoms with Crippen LogP contribution in [0.5, 0.6) is 0 Å². The predicted molar refractivity (Wildman–Crippen MR) is 89.6 cm³/mol. The number of carbonyl (C=O) groups is 1. The fourth-order valence-corrected chi connectivity index (χ4v) is 3.34. The van der Waals surface area contributed by atoms with Gasteiger partial charge in [-0.3, -0.25) is 4.79 Å². The van der Waals surface area contributed by atoms with Crippen LogP contribution in [0, 0.1) is 13.8 Å². The zero-order valence-corrected chi connectivity index (χ0v) is 14.3. The van der Waals surface area contributed by atoms with Crippen LogP contribution in [0.3, 0.4) is 0 Å². The number of nitrogens with one attached hydrogen (secondary N) is 1. The van der Waals surface area contributed by atoms with E-state index in [0.717, 1.165) is 48.8 Å². The van der Waals surface area contributed by atoms with E-state index in [9.17, 15) is 4.79 Å². The van der Waals surface area contributed by atoms with Crippen LogP contribution in [-0.2, 0) is 4.79 Å². The van der Waals surface area contributed by atoms with Crippen molar-refractivity contribution in [3.63, 3.8) is 0 Å². The SMILES string of the molecule is Cc1noc(C)c1C(C)C(=O)N1CCC(Nc2cccnn2)CC1. The van der Waals surface area contributed by atoms with Gasteiger partial charge in [-0.25, -0.2) is 0 Å². The summed E-state index contributed by atoms with van der Waals surface area (Å²) in [7, 11) is 0. The Labute approximate surface area is 141 Å². The fourth-order valence-electron chi connectivity index (χ4n) is 3.34. The largest absolute Gasteiger partial charge is 0.366 e. The Balaban J connectivity index is 1.57. The van der Waals surface area contributed by atoms with Crippen LogP contribution >= 0.6 is 0 Å². The first-order chi connectivity index (χ1) is 11.6. The highest BCUT2D eigenvalue weighted by molar-refractivity contribution is 5.84. The highest BCUT2D eigenvalue weighted by Gasteiger charge is 2.29. The first-order valence-electron chi connectivity index (χ1n) is 8.32. The Hall–Kier alpha value is -2.44. The van der Waals surface area contributed by atoms with Gasteiger partial charge < -0.3 is 14.7 Å². The summed E-state index contributed by atoms with van der Waals surface area (Å²) in [5, 5.41) is 15.3. The smallest absolute Gasteiger partial charge is 0.230 e. The molecule has 2 aromatic rings. The first-order valence-corrected chi connectivity index (χ1v) is 8.32. The summed E-state index contributed by atoms with van der Waals surface area (Å²) in [5.41, 5.74) is 1.72. The van der Waals surface area contributed by atoms with Gasteiger partial charge in [-0.05, 0) is 45.7 Å². The maximum atomic E-state index is 12.8.